The molecule has 1 amide bonds. The molecule has 0 bridgehead atoms. The van der Waals surface area contributed by atoms with Crippen molar-refractivity contribution in [2.24, 2.45) is 4.99 Å². The molecule has 8 heteroatoms. The zero-order chi connectivity index (χ0) is 28.2. The SMILES string of the molecule is CCCNNC(=O)[C@@]1(C/C=C/c2ccccc2)N=C(c2ccc(OCCCO)cc2)O[C@H]1c1cccc(OC)c1. The minimum Gasteiger partial charge on any atom is -0.497 e. The lowest BCUT2D eigenvalue weighted by Crippen LogP contribution is -2.52. The molecule has 0 saturated carbocycles. The topological polar surface area (TPSA) is 101 Å². The third kappa shape index (κ3) is 7.08. The van der Waals surface area contributed by atoms with Gasteiger partial charge in [0.1, 0.15) is 11.5 Å². The number of aliphatic imine (C=N–C) groups is 1. The van der Waals surface area contributed by atoms with Crippen molar-refractivity contribution in [3.05, 3.63) is 102 Å². The lowest BCUT2D eigenvalue weighted by atomic mass is 9.84. The molecule has 3 N–H and O–H groups in total. The Morgan fingerprint density at radius 2 is 1.88 bits per heavy atom. The zero-order valence-electron chi connectivity index (χ0n) is 23.0. The van der Waals surface area contributed by atoms with Gasteiger partial charge in [0, 0.05) is 31.6 Å². The van der Waals surface area contributed by atoms with Gasteiger partial charge >= 0.3 is 0 Å². The molecule has 0 fully saturated rings. The van der Waals surface area contributed by atoms with Crippen molar-refractivity contribution >= 4 is 17.9 Å². The van der Waals surface area contributed by atoms with E-state index < -0.39 is 11.6 Å². The van der Waals surface area contributed by atoms with Crippen molar-refractivity contribution in [3.63, 3.8) is 0 Å². The molecular weight excluding hydrogens is 506 g/mol. The van der Waals surface area contributed by atoms with Crippen LogP contribution in [-0.4, -0.2) is 49.3 Å². The molecule has 4 rings (SSSR count). The van der Waals surface area contributed by atoms with Gasteiger partial charge in [-0.15, -0.1) is 0 Å². The molecule has 3 aromatic rings. The van der Waals surface area contributed by atoms with E-state index >= 15 is 0 Å². The van der Waals surface area contributed by atoms with E-state index in [9.17, 15) is 4.79 Å². The predicted molar refractivity (Wildman–Crippen MR) is 156 cm³/mol. The third-order valence-electron chi connectivity index (χ3n) is 6.54. The number of methoxy groups -OCH3 is 1. The van der Waals surface area contributed by atoms with Crippen molar-refractivity contribution in [2.75, 3.05) is 26.9 Å². The van der Waals surface area contributed by atoms with E-state index in [1.165, 1.54) is 0 Å². The standard InChI is InChI=1S/C32H37N3O5/c1-3-20-33-35-31(37)32(19-8-12-24-10-5-4-6-11-24)29(26-13-7-14-28(23-26)38-2)40-30(34-32)25-15-17-27(18-16-25)39-22-9-21-36/h4-8,10-18,23,29,33,36H,3,9,19-22H2,1-2H3,(H,35,37)/b12-8+/t29-,32-/m0/s1. The van der Waals surface area contributed by atoms with Crippen LogP contribution in [0.1, 0.15) is 49.0 Å². The summed E-state index contributed by atoms with van der Waals surface area (Å²) in [5, 5.41) is 9.01. The minimum absolute atomic E-state index is 0.0738. The largest absolute Gasteiger partial charge is 0.497 e. The third-order valence-corrected chi connectivity index (χ3v) is 6.54. The summed E-state index contributed by atoms with van der Waals surface area (Å²) in [5.74, 6) is 1.43. The second-order valence-corrected chi connectivity index (χ2v) is 9.46. The zero-order valence-corrected chi connectivity index (χ0v) is 23.0. The highest BCUT2D eigenvalue weighted by molar-refractivity contribution is 6.01. The van der Waals surface area contributed by atoms with Gasteiger partial charge in [-0.2, -0.15) is 0 Å². The van der Waals surface area contributed by atoms with Crippen LogP contribution in [0.4, 0.5) is 0 Å². The number of aliphatic hydroxyl groups is 1. The number of rotatable bonds is 14. The fraction of sp³-hybridized carbons (Fsp3) is 0.312. The molecular formula is C32H37N3O5. The van der Waals surface area contributed by atoms with Crippen molar-refractivity contribution in [1.29, 1.82) is 0 Å². The molecule has 1 aliphatic heterocycles. The summed E-state index contributed by atoms with van der Waals surface area (Å²) in [6.45, 7) is 3.15. The number of hydrogen-bond acceptors (Lipinski definition) is 7. The van der Waals surface area contributed by atoms with Crippen molar-refractivity contribution in [3.8, 4) is 11.5 Å². The van der Waals surface area contributed by atoms with Gasteiger partial charge in [0.15, 0.2) is 11.6 Å². The van der Waals surface area contributed by atoms with E-state index in [2.05, 4.69) is 10.9 Å². The molecule has 40 heavy (non-hydrogen) atoms. The second kappa shape index (κ2) is 14.3. The minimum atomic E-state index is -1.29. The number of aliphatic hydroxyl groups excluding tert-OH is 1. The highest BCUT2D eigenvalue weighted by Gasteiger charge is 2.52. The van der Waals surface area contributed by atoms with Gasteiger partial charge in [-0.25, -0.2) is 10.4 Å². The van der Waals surface area contributed by atoms with E-state index in [0.29, 0.717) is 43.4 Å². The highest BCUT2D eigenvalue weighted by atomic mass is 16.5. The first kappa shape index (κ1) is 28.9. The predicted octanol–water partition coefficient (Wildman–Crippen LogP) is 4.85. The summed E-state index contributed by atoms with van der Waals surface area (Å²) in [7, 11) is 1.61. The summed E-state index contributed by atoms with van der Waals surface area (Å²) in [5.41, 5.74) is 7.14. The van der Waals surface area contributed by atoms with Crippen molar-refractivity contribution in [1.82, 2.24) is 10.9 Å². The number of carbonyl (C=O) groups excluding carboxylic acids is 1. The Balaban J connectivity index is 1.73. The number of hydrogen-bond donors (Lipinski definition) is 3. The van der Waals surface area contributed by atoms with Crippen LogP contribution in [-0.2, 0) is 9.53 Å². The Morgan fingerprint density at radius 3 is 2.60 bits per heavy atom. The molecule has 0 radical (unpaired) electrons. The summed E-state index contributed by atoms with van der Waals surface area (Å²) < 4.78 is 17.7. The fourth-order valence-electron chi connectivity index (χ4n) is 4.43. The van der Waals surface area contributed by atoms with Crippen LogP contribution >= 0.6 is 0 Å². The van der Waals surface area contributed by atoms with Gasteiger partial charge in [0.25, 0.3) is 5.91 Å². The number of nitrogens with one attached hydrogen (secondary N) is 2. The number of benzene rings is 3. The van der Waals surface area contributed by atoms with Crippen molar-refractivity contribution < 1.29 is 24.1 Å². The van der Waals surface area contributed by atoms with Crippen LogP contribution in [0.5, 0.6) is 11.5 Å². The molecule has 8 nitrogen and oxygen atoms in total. The lowest BCUT2D eigenvalue weighted by Gasteiger charge is -2.30. The van der Waals surface area contributed by atoms with Crippen LogP contribution in [0.15, 0.2) is 89.9 Å². The molecule has 1 aliphatic rings. The molecule has 0 unspecified atom stereocenters. The number of ether oxygens (including phenoxy) is 3. The quantitative estimate of drug-likeness (QED) is 0.199. The monoisotopic (exact) mass is 543 g/mol. The Kier molecular flexibility index (Phi) is 10.3. The molecule has 1 heterocycles. The smallest absolute Gasteiger partial charge is 0.266 e. The van der Waals surface area contributed by atoms with Gasteiger partial charge in [-0.1, -0.05) is 61.5 Å². The molecule has 210 valence electrons. The first-order valence-corrected chi connectivity index (χ1v) is 13.6. The Labute approximate surface area is 235 Å². The number of nitrogens with zero attached hydrogens (tertiary/aromatic N) is 1. The van der Waals surface area contributed by atoms with Crippen molar-refractivity contribution in [2.45, 2.75) is 37.8 Å². The maximum atomic E-state index is 13.9. The van der Waals surface area contributed by atoms with Crippen LogP contribution < -0.4 is 20.3 Å². The highest BCUT2D eigenvalue weighted by Crippen LogP contribution is 2.43. The summed E-state index contributed by atoms with van der Waals surface area (Å²) in [6.07, 6.45) is 4.97. The van der Waals surface area contributed by atoms with Gasteiger partial charge in [0.05, 0.1) is 13.7 Å². The van der Waals surface area contributed by atoms with Gasteiger partial charge in [0.2, 0.25) is 5.90 Å². The van der Waals surface area contributed by atoms with Crippen LogP contribution in [0.3, 0.4) is 0 Å². The molecule has 2 atom stereocenters. The Hall–Kier alpha value is -4.14. The van der Waals surface area contributed by atoms with E-state index in [-0.39, 0.29) is 12.5 Å². The summed E-state index contributed by atoms with van der Waals surface area (Å²) >= 11 is 0. The fourth-order valence-corrected chi connectivity index (χ4v) is 4.43. The molecule has 0 spiro atoms. The average Bonchev–Trinajstić information content (AvgIpc) is 3.39. The van der Waals surface area contributed by atoms with Crippen LogP contribution in [0.2, 0.25) is 0 Å². The van der Waals surface area contributed by atoms with E-state index in [1.807, 2.05) is 97.9 Å². The van der Waals surface area contributed by atoms with Crippen LogP contribution in [0.25, 0.3) is 6.08 Å². The molecule has 0 aromatic heterocycles. The average molecular weight is 544 g/mol. The van der Waals surface area contributed by atoms with E-state index in [1.54, 1.807) is 7.11 Å². The lowest BCUT2D eigenvalue weighted by molar-refractivity contribution is -0.129. The normalized spacial score (nSPS) is 18.3. The van der Waals surface area contributed by atoms with Gasteiger partial charge < -0.3 is 19.3 Å². The number of amides is 1. The second-order valence-electron chi connectivity index (χ2n) is 9.46. The van der Waals surface area contributed by atoms with E-state index in [4.69, 9.17) is 24.3 Å². The van der Waals surface area contributed by atoms with Crippen LogP contribution in [0, 0.1) is 0 Å². The van der Waals surface area contributed by atoms with Gasteiger partial charge in [-0.05, 0) is 53.9 Å². The molecule has 0 aliphatic carbocycles. The molecule has 0 saturated heterocycles. The molecule has 3 aromatic carbocycles. The Morgan fingerprint density at radius 1 is 1.07 bits per heavy atom. The van der Waals surface area contributed by atoms with E-state index in [0.717, 1.165) is 23.1 Å². The van der Waals surface area contributed by atoms with Gasteiger partial charge in [-0.3, -0.25) is 10.2 Å². The first-order valence-electron chi connectivity index (χ1n) is 13.6. The first-order chi connectivity index (χ1) is 19.6. The number of carbonyl (C=O) groups is 1. The summed E-state index contributed by atoms with van der Waals surface area (Å²) in [4.78, 5) is 18.9. The maximum Gasteiger partial charge on any atom is 0.266 e. The Bertz CT molecular complexity index is 1290. The number of hydrazine groups is 1. The maximum absolute atomic E-state index is 13.9. The summed E-state index contributed by atoms with van der Waals surface area (Å²) in [6, 6.07) is 24.9.